The molecule has 0 amide bonds. The largest absolute Gasteiger partial charge is 0.353 e. The van der Waals surface area contributed by atoms with Gasteiger partial charge >= 0.3 is 0 Å². The van der Waals surface area contributed by atoms with Gasteiger partial charge in [0.15, 0.2) is 5.79 Å². The lowest BCUT2D eigenvalue weighted by Gasteiger charge is -2.51. The van der Waals surface area contributed by atoms with Crippen LogP contribution in [0.3, 0.4) is 0 Å². The van der Waals surface area contributed by atoms with E-state index in [0.717, 1.165) is 12.8 Å². The number of hydrogen-bond donors (Lipinski definition) is 1. The molecule has 0 bridgehead atoms. The summed E-state index contributed by atoms with van der Waals surface area (Å²) in [6.45, 7) is 8.72. The van der Waals surface area contributed by atoms with Gasteiger partial charge in [0.1, 0.15) is 0 Å². The molecule has 0 radical (unpaired) electrons. The summed E-state index contributed by atoms with van der Waals surface area (Å²) in [6, 6.07) is 0. The summed E-state index contributed by atoms with van der Waals surface area (Å²) in [4.78, 5) is 0. The zero-order chi connectivity index (χ0) is 11.0. The van der Waals surface area contributed by atoms with Crippen LogP contribution >= 0.6 is 0 Å². The summed E-state index contributed by atoms with van der Waals surface area (Å²) in [6.07, 6.45) is 1.74. The molecular weight excluding hydrogens is 178 g/mol. The molecule has 0 unspecified atom stereocenters. The first-order valence-electron chi connectivity index (χ1n) is 5.14. The maximum Gasteiger partial charge on any atom is 0.170 e. The number of piperidine rings is 1. The lowest BCUT2D eigenvalue weighted by molar-refractivity contribution is -0.246. The van der Waals surface area contributed by atoms with Crippen molar-refractivity contribution < 1.29 is 9.47 Å². The van der Waals surface area contributed by atoms with Crippen molar-refractivity contribution in [3.05, 3.63) is 0 Å². The van der Waals surface area contributed by atoms with Crippen LogP contribution in [0.5, 0.6) is 0 Å². The van der Waals surface area contributed by atoms with Crippen molar-refractivity contribution in [1.82, 2.24) is 5.32 Å². The van der Waals surface area contributed by atoms with Crippen molar-refractivity contribution in [2.75, 3.05) is 14.2 Å². The van der Waals surface area contributed by atoms with Gasteiger partial charge in [-0.05, 0) is 27.7 Å². The van der Waals surface area contributed by atoms with Gasteiger partial charge in [-0.15, -0.1) is 0 Å². The molecule has 0 aromatic heterocycles. The normalized spacial score (nSPS) is 28.7. The number of hydrogen-bond acceptors (Lipinski definition) is 3. The van der Waals surface area contributed by atoms with E-state index in [4.69, 9.17) is 9.47 Å². The topological polar surface area (TPSA) is 30.5 Å². The highest BCUT2D eigenvalue weighted by molar-refractivity contribution is 5.01. The van der Waals surface area contributed by atoms with Gasteiger partial charge in [-0.3, -0.25) is 0 Å². The summed E-state index contributed by atoms with van der Waals surface area (Å²) < 4.78 is 11.1. The van der Waals surface area contributed by atoms with E-state index in [2.05, 4.69) is 33.0 Å². The van der Waals surface area contributed by atoms with Crippen molar-refractivity contribution in [1.29, 1.82) is 0 Å². The predicted octanol–water partition coefficient (Wildman–Crippen LogP) is 1.92. The highest BCUT2D eigenvalue weighted by Gasteiger charge is 2.47. The first-order chi connectivity index (χ1) is 6.24. The van der Waals surface area contributed by atoms with Crippen LogP contribution in [0, 0.1) is 0 Å². The van der Waals surface area contributed by atoms with Crippen LogP contribution in [0.4, 0.5) is 0 Å². The zero-order valence-corrected chi connectivity index (χ0v) is 10.2. The number of rotatable bonds is 2. The molecule has 0 aliphatic carbocycles. The number of nitrogens with one attached hydrogen (secondary N) is 1. The number of methoxy groups -OCH3 is 2. The molecule has 0 aromatic rings. The third-order valence-corrected chi connectivity index (χ3v) is 2.84. The van der Waals surface area contributed by atoms with Crippen LogP contribution in [0.1, 0.15) is 40.5 Å². The van der Waals surface area contributed by atoms with Gasteiger partial charge in [0, 0.05) is 38.1 Å². The molecule has 0 atom stereocenters. The molecule has 0 aromatic carbocycles. The predicted molar refractivity (Wildman–Crippen MR) is 57.3 cm³/mol. The summed E-state index contributed by atoms with van der Waals surface area (Å²) >= 11 is 0. The van der Waals surface area contributed by atoms with E-state index in [1.807, 2.05) is 0 Å². The Morgan fingerprint density at radius 1 is 0.857 bits per heavy atom. The monoisotopic (exact) mass is 201 g/mol. The summed E-state index contributed by atoms with van der Waals surface area (Å²) in [5, 5.41) is 3.60. The van der Waals surface area contributed by atoms with Gasteiger partial charge < -0.3 is 14.8 Å². The van der Waals surface area contributed by atoms with Crippen LogP contribution < -0.4 is 5.32 Å². The second-order valence-corrected chi connectivity index (χ2v) is 5.57. The van der Waals surface area contributed by atoms with Gasteiger partial charge in [-0.1, -0.05) is 0 Å². The SMILES string of the molecule is COC1(OC)CC(C)(C)NC(C)(C)C1. The van der Waals surface area contributed by atoms with E-state index in [9.17, 15) is 0 Å². The Labute approximate surface area is 87.2 Å². The smallest absolute Gasteiger partial charge is 0.170 e. The van der Waals surface area contributed by atoms with Gasteiger partial charge in [0.2, 0.25) is 0 Å². The van der Waals surface area contributed by atoms with Crippen molar-refractivity contribution in [3.8, 4) is 0 Å². The standard InChI is InChI=1S/C11H23NO2/c1-9(2)7-11(13-5,14-6)8-10(3,4)12-9/h12H,7-8H2,1-6H3. The Morgan fingerprint density at radius 2 is 1.21 bits per heavy atom. The molecule has 1 heterocycles. The molecule has 1 N–H and O–H groups in total. The average Bonchev–Trinajstić information content (AvgIpc) is 1.98. The maximum absolute atomic E-state index is 5.54. The molecule has 84 valence electrons. The lowest BCUT2D eigenvalue weighted by Crippen LogP contribution is -2.64. The Bertz CT molecular complexity index is 189. The molecule has 1 aliphatic rings. The lowest BCUT2D eigenvalue weighted by atomic mass is 9.78. The average molecular weight is 201 g/mol. The van der Waals surface area contributed by atoms with E-state index in [0.29, 0.717) is 0 Å². The minimum absolute atomic E-state index is 0.0494. The van der Waals surface area contributed by atoms with Crippen molar-refractivity contribution in [2.24, 2.45) is 0 Å². The van der Waals surface area contributed by atoms with Crippen LogP contribution in [0.2, 0.25) is 0 Å². The summed E-state index contributed by atoms with van der Waals surface area (Å²) in [5.74, 6) is -0.432. The highest BCUT2D eigenvalue weighted by atomic mass is 16.7. The van der Waals surface area contributed by atoms with E-state index < -0.39 is 5.79 Å². The minimum atomic E-state index is -0.432. The Kier molecular flexibility index (Phi) is 2.96. The fraction of sp³-hybridized carbons (Fsp3) is 1.00. The van der Waals surface area contributed by atoms with Crippen LogP contribution in [0.25, 0.3) is 0 Å². The second-order valence-electron chi connectivity index (χ2n) is 5.57. The quantitative estimate of drug-likeness (QED) is 0.692. The first-order valence-corrected chi connectivity index (χ1v) is 5.14. The van der Waals surface area contributed by atoms with Gasteiger partial charge in [-0.2, -0.15) is 0 Å². The number of ether oxygens (including phenoxy) is 2. The molecule has 3 nitrogen and oxygen atoms in total. The maximum atomic E-state index is 5.54. The molecule has 1 fully saturated rings. The molecule has 1 aliphatic heterocycles. The summed E-state index contributed by atoms with van der Waals surface area (Å²) in [5.41, 5.74) is 0.0987. The van der Waals surface area contributed by atoms with E-state index in [-0.39, 0.29) is 11.1 Å². The van der Waals surface area contributed by atoms with Crippen molar-refractivity contribution in [2.45, 2.75) is 57.4 Å². The van der Waals surface area contributed by atoms with Crippen LogP contribution in [-0.4, -0.2) is 31.1 Å². The zero-order valence-electron chi connectivity index (χ0n) is 10.2. The van der Waals surface area contributed by atoms with E-state index >= 15 is 0 Å². The Morgan fingerprint density at radius 3 is 1.50 bits per heavy atom. The van der Waals surface area contributed by atoms with Gasteiger partial charge in [-0.25, -0.2) is 0 Å². The first kappa shape index (κ1) is 12.0. The minimum Gasteiger partial charge on any atom is -0.353 e. The molecule has 0 spiro atoms. The second kappa shape index (κ2) is 3.47. The fourth-order valence-corrected chi connectivity index (χ4v) is 2.79. The Hall–Kier alpha value is -0.120. The van der Waals surface area contributed by atoms with Gasteiger partial charge in [0.25, 0.3) is 0 Å². The van der Waals surface area contributed by atoms with E-state index in [1.165, 1.54) is 0 Å². The van der Waals surface area contributed by atoms with Crippen molar-refractivity contribution >= 4 is 0 Å². The molecule has 1 saturated heterocycles. The Balaban J connectivity index is 2.90. The van der Waals surface area contributed by atoms with Gasteiger partial charge in [0.05, 0.1) is 0 Å². The van der Waals surface area contributed by atoms with E-state index in [1.54, 1.807) is 14.2 Å². The van der Waals surface area contributed by atoms with Crippen LogP contribution in [-0.2, 0) is 9.47 Å². The van der Waals surface area contributed by atoms with Crippen molar-refractivity contribution in [3.63, 3.8) is 0 Å². The molecule has 14 heavy (non-hydrogen) atoms. The molecular formula is C11H23NO2. The summed E-state index contributed by atoms with van der Waals surface area (Å²) in [7, 11) is 3.45. The highest BCUT2D eigenvalue weighted by Crippen LogP contribution is 2.38. The molecule has 0 saturated carbocycles. The molecule has 3 heteroatoms. The third-order valence-electron chi connectivity index (χ3n) is 2.84. The molecule has 1 rings (SSSR count). The van der Waals surface area contributed by atoms with Crippen LogP contribution in [0.15, 0.2) is 0 Å². The third kappa shape index (κ3) is 2.47. The fourth-order valence-electron chi connectivity index (χ4n) is 2.79.